The standard InChI is InChI=1S/C13H20N2O4/c1-13(2,8-11(17)18)7-10(16)15-12(19)14-9-5-3-4-6-9/h3-4,9H,5-8H2,1-2H3,(H,17,18)(H2,14,15,16,19). The molecule has 19 heavy (non-hydrogen) atoms. The zero-order chi connectivity index (χ0) is 14.5. The largest absolute Gasteiger partial charge is 0.481 e. The van der Waals surface area contributed by atoms with Crippen molar-refractivity contribution in [3.05, 3.63) is 12.2 Å². The summed E-state index contributed by atoms with van der Waals surface area (Å²) in [6.45, 7) is 3.36. The third kappa shape index (κ3) is 6.03. The quantitative estimate of drug-likeness (QED) is 0.657. The Morgan fingerprint density at radius 3 is 2.32 bits per heavy atom. The van der Waals surface area contributed by atoms with Crippen molar-refractivity contribution in [2.24, 2.45) is 5.41 Å². The molecule has 0 saturated heterocycles. The maximum atomic E-state index is 11.6. The third-order valence-electron chi connectivity index (χ3n) is 2.86. The zero-order valence-corrected chi connectivity index (χ0v) is 11.2. The van der Waals surface area contributed by atoms with Gasteiger partial charge >= 0.3 is 12.0 Å². The summed E-state index contributed by atoms with van der Waals surface area (Å²) in [5.41, 5.74) is -0.675. The van der Waals surface area contributed by atoms with E-state index in [4.69, 9.17) is 5.11 Å². The topological polar surface area (TPSA) is 95.5 Å². The van der Waals surface area contributed by atoms with Crippen molar-refractivity contribution in [3.63, 3.8) is 0 Å². The highest BCUT2D eigenvalue weighted by atomic mass is 16.4. The second kappa shape index (κ2) is 6.36. The first-order valence-electron chi connectivity index (χ1n) is 6.26. The SMILES string of the molecule is CC(C)(CC(=O)O)CC(=O)NC(=O)NC1CC=CC1. The first kappa shape index (κ1) is 15.2. The molecule has 0 saturated carbocycles. The fourth-order valence-electron chi connectivity index (χ4n) is 2.03. The van der Waals surface area contributed by atoms with E-state index in [2.05, 4.69) is 10.6 Å². The van der Waals surface area contributed by atoms with Gasteiger partial charge in [0.25, 0.3) is 0 Å². The van der Waals surface area contributed by atoms with Gasteiger partial charge < -0.3 is 10.4 Å². The number of carboxylic acid groups (broad SMARTS) is 1. The number of carboxylic acids is 1. The number of hydrogen-bond donors (Lipinski definition) is 3. The zero-order valence-electron chi connectivity index (χ0n) is 11.2. The van der Waals surface area contributed by atoms with E-state index in [1.54, 1.807) is 13.8 Å². The van der Waals surface area contributed by atoms with Crippen LogP contribution in [0.25, 0.3) is 0 Å². The number of aliphatic carboxylic acids is 1. The van der Waals surface area contributed by atoms with Gasteiger partial charge in [-0.3, -0.25) is 14.9 Å². The number of hydrogen-bond acceptors (Lipinski definition) is 3. The van der Waals surface area contributed by atoms with Gasteiger partial charge in [-0.25, -0.2) is 4.79 Å². The van der Waals surface area contributed by atoms with E-state index in [0.717, 1.165) is 12.8 Å². The second-order valence-electron chi connectivity index (χ2n) is 5.57. The average Bonchev–Trinajstić information content (AvgIpc) is 2.65. The normalized spacial score (nSPS) is 15.3. The molecule has 0 bridgehead atoms. The van der Waals surface area contributed by atoms with Crippen molar-refractivity contribution >= 4 is 17.9 Å². The van der Waals surface area contributed by atoms with Gasteiger partial charge in [0.2, 0.25) is 5.91 Å². The van der Waals surface area contributed by atoms with Crippen LogP contribution >= 0.6 is 0 Å². The second-order valence-corrected chi connectivity index (χ2v) is 5.57. The molecular weight excluding hydrogens is 248 g/mol. The summed E-state index contributed by atoms with van der Waals surface area (Å²) >= 11 is 0. The summed E-state index contributed by atoms with van der Waals surface area (Å²) in [6.07, 6.45) is 5.37. The lowest BCUT2D eigenvalue weighted by molar-refractivity contribution is -0.139. The van der Waals surface area contributed by atoms with Crippen molar-refractivity contribution in [2.45, 2.75) is 45.6 Å². The Kier molecular flexibility index (Phi) is 5.09. The first-order valence-corrected chi connectivity index (χ1v) is 6.26. The predicted octanol–water partition coefficient (Wildman–Crippen LogP) is 1.42. The number of carbonyl (C=O) groups is 3. The Morgan fingerprint density at radius 2 is 1.79 bits per heavy atom. The Hall–Kier alpha value is -1.85. The van der Waals surface area contributed by atoms with Crippen molar-refractivity contribution in [3.8, 4) is 0 Å². The number of amides is 3. The van der Waals surface area contributed by atoms with Crippen LogP contribution in [0.1, 0.15) is 39.5 Å². The molecule has 0 aromatic heterocycles. The molecule has 0 unspecified atom stereocenters. The number of urea groups is 1. The Balaban J connectivity index is 2.33. The summed E-state index contributed by atoms with van der Waals surface area (Å²) < 4.78 is 0. The van der Waals surface area contributed by atoms with Gasteiger partial charge in [0.15, 0.2) is 0 Å². The number of nitrogens with one attached hydrogen (secondary N) is 2. The molecule has 6 heteroatoms. The van der Waals surface area contributed by atoms with Crippen molar-refractivity contribution in [1.29, 1.82) is 0 Å². The van der Waals surface area contributed by atoms with Gasteiger partial charge in [0.05, 0.1) is 6.42 Å². The molecular formula is C13H20N2O4. The fraction of sp³-hybridized carbons (Fsp3) is 0.615. The van der Waals surface area contributed by atoms with Gasteiger partial charge in [-0.05, 0) is 18.3 Å². The van der Waals surface area contributed by atoms with Gasteiger partial charge in [-0.1, -0.05) is 26.0 Å². The van der Waals surface area contributed by atoms with Gasteiger partial charge in [-0.2, -0.15) is 0 Å². The molecule has 0 aromatic rings. The smallest absolute Gasteiger partial charge is 0.321 e. The Bertz CT molecular complexity index is 393. The van der Waals surface area contributed by atoms with E-state index in [0.29, 0.717) is 0 Å². The van der Waals surface area contributed by atoms with Crippen LogP contribution in [0.5, 0.6) is 0 Å². The lowest BCUT2D eigenvalue weighted by atomic mass is 9.85. The van der Waals surface area contributed by atoms with Crippen LogP contribution < -0.4 is 10.6 Å². The monoisotopic (exact) mass is 268 g/mol. The van der Waals surface area contributed by atoms with Gasteiger partial charge in [0.1, 0.15) is 0 Å². The minimum Gasteiger partial charge on any atom is -0.481 e. The lowest BCUT2D eigenvalue weighted by Crippen LogP contribution is -2.44. The predicted molar refractivity (Wildman–Crippen MR) is 69.5 cm³/mol. The van der Waals surface area contributed by atoms with E-state index < -0.39 is 23.3 Å². The van der Waals surface area contributed by atoms with E-state index in [9.17, 15) is 14.4 Å². The van der Waals surface area contributed by atoms with Crippen LogP contribution in [0.3, 0.4) is 0 Å². The molecule has 0 atom stereocenters. The highest BCUT2D eigenvalue weighted by Crippen LogP contribution is 2.24. The molecule has 1 aliphatic rings. The van der Waals surface area contributed by atoms with Crippen molar-refractivity contribution < 1.29 is 19.5 Å². The number of rotatable bonds is 5. The minimum absolute atomic E-state index is 0.00433. The van der Waals surface area contributed by atoms with Crippen LogP contribution in [0.2, 0.25) is 0 Å². The average molecular weight is 268 g/mol. The highest BCUT2D eigenvalue weighted by molar-refractivity contribution is 5.94. The third-order valence-corrected chi connectivity index (χ3v) is 2.86. The van der Waals surface area contributed by atoms with Crippen molar-refractivity contribution in [2.75, 3.05) is 0 Å². The molecule has 0 radical (unpaired) electrons. The van der Waals surface area contributed by atoms with Crippen LogP contribution in [-0.2, 0) is 9.59 Å². The molecule has 1 rings (SSSR count). The summed E-state index contributed by atoms with van der Waals surface area (Å²) in [4.78, 5) is 33.8. The molecule has 3 amide bonds. The first-order chi connectivity index (χ1) is 8.78. The van der Waals surface area contributed by atoms with Gasteiger partial charge in [0, 0.05) is 12.5 Å². The molecule has 1 aliphatic carbocycles. The maximum Gasteiger partial charge on any atom is 0.321 e. The summed E-state index contributed by atoms with van der Waals surface area (Å²) in [5, 5.41) is 13.6. The van der Waals surface area contributed by atoms with E-state index >= 15 is 0 Å². The minimum atomic E-state index is -0.959. The summed E-state index contributed by atoms with van der Waals surface area (Å²) in [6, 6.07) is -0.482. The molecule has 0 spiro atoms. The summed E-state index contributed by atoms with van der Waals surface area (Å²) in [7, 11) is 0. The Labute approximate surface area is 112 Å². The molecule has 0 aromatic carbocycles. The van der Waals surface area contributed by atoms with Crippen LogP contribution in [0, 0.1) is 5.41 Å². The Morgan fingerprint density at radius 1 is 1.21 bits per heavy atom. The van der Waals surface area contributed by atoms with Crippen LogP contribution in [0.15, 0.2) is 12.2 Å². The molecule has 0 heterocycles. The fourth-order valence-corrected chi connectivity index (χ4v) is 2.03. The van der Waals surface area contributed by atoms with Crippen molar-refractivity contribution in [1.82, 2.24) is 10.6 Å². The van der Waals surface area contributed by atoms with E-state index in [1.807, 2.05) is 12.2 Å². The van der Waals surface area contributed by atoms with Gasteiger partial charge in [-0.15, -0.1) is 0 Å². The number of carbonyl (C=O) groups excluding carboxylic acids is 2. The molecule has 0 aliphatic heterocycles. The molecule has 106 valence electrons. The number of imide groups is 1. The molecule has 6 nitrogen and oxygen atoms in total. The van der Waals surface area contributed by atoms with Crippen LogP contribution in [0.4, 0.5) is 4.79 Å². The highest BCUT2D eigenvalue weighted by Gasteiger charge is 2.26. The van der Waals surface area contributed by atoms with E-state index in [-0.39, 0.29) is 18.9 Å². The molecule has 0 fully saturated rings. The van der Waals surface area contributed by atoms with Crippen LogP contribution in [-0.4, -0.2) is 29.1 Å². The summed E-state index contributed by atoms with van der Waals surface area (Å²) in [5.74, 6) is -1.42. The maximum absolute atomic E-state index is 11.6. The van der Waals surface area contributed by atoms with E-state index in [1.165, 1.54) is 0 Å². The lowest BCUT2D eigenvalue weighted by Gasteiger charge is -2.21. The molecule has 3 N–H and O–H groups in total.